The first kappa shape index (κ1) is 22.6. The maximum atomic E-state index is 10.7. The molecular weight excluding hydrogens is 236 g/mol. The van der Waals surface area contributed by atoms with E-state index < -0.39 is 0 Å². The van der Waals surface area contributed by atoms with Gasteiger partial charge in [0.1, 0.15) is 0 Å². The average molecular weight is 266 g/mol. The highest BCUT2D eigenvalue weighted by Crippen LogP contribution is 1.94. The first-order valence-corrected chi connectivity index (χ1v) is 6.41. The minimum absolute atomic E-state index is 0.284. The van der Waals surface area contributed by atoms with Crippen LogP contribution in [0.15, 0.2) is 49.1 Å². The lowest BCUT2D eigenvalue weighted by molar-refractivity contribution is -0.139. The second-order valence-corrected chi connectivity index (χ2v) is 4.53. The molecule has 2 heteroatoms. The Labute approximate surface area is 119 Å². The Morgan fingerprint density at radius 2 is 1.47 bits per heavy atom. The molecule has 0 aromatic carbocycles. The van der Waals surface area contributed by atoms with Gasteiger partial charge in [-0.1, -0.05) is 50.3 Å². The highest BCUT2D eigenvalue weighted by atomic mass is 16.5. The van der Waals surface area contributed by atoms with Crippen molar-refractivity contribution >= 4 is 5.97 Å². The first-order chi connectivity index (χ1) is 8.68. The minimum Gasteiger partial charge on any atom is -0.462 e. The lowest BCUT2D eigenvalue weighted by Gasteiger charge is -2.01. The molecule has 0 heterocycles. The Hall–Kier alpha value is -1.57. The average Bonchev–Trinajstić information content (AvgIpc) is 2.29. The molecule has 0 unspecified atom stereocenters. The molecule has 0 bridgehead atoms. The molecule has 0 radical (unpaired) electrons. The number of hydrogen-bond acceptors (Lipinski definition) is 2. The van der Waals surface area contributed by atoms with Gasteiger partial charge < -0.3 is 4.74 Å². The maximum Gasteiger partial charge on any atom is 0.333 e. The van der Waals surface area contributed by atoms with Crippen LogP contribution in [0.2, 0.25) is 0 Å². The molecule has 0 aromatic rings. The molecule has 0 aliphatic heterocycles. The summed E-state index contributed by atoms with van der Waals surface area (Å²) in [4.78, 5) is 10.7. The van der Waals surface area contributed by atoms with Gasteiger partial charge in [0.25, 0.3) is 0 Å². The molecule has 110 valence electrons. The summed E-state index contributed by atoms with van der Waals surface area (Å²) in [6.07, 6.45) is 3.70. The first-order valence-electron chi connectivity index (χ1n) is 6.41. The van der Waals surface area contributed by atoms with Gasteiger partial charge in [-0.05, 0) is 34.1 Å². The van der Waals surface area contributed by atoms with Crippen molar-refractivity contribution in [2.75, 3.05) is 6.61 Å². The van der Waals surface area contributed by atoms with Gasteiger partial charge in [-0.25, -0.2) is 4.79 Å². The van der Waals surface area contributed by atoms with Crippen molar-refractivity contribution in [1.29, 1.82) is 0 Å². The number of carbonyl (C=O) groups excluding carboxylic acids is 1. The summed E-state index contributed by atoms with van der Waals surface area (Å²) in [5, 5.41) is 0. The zero-order valence-electron chi connectivity index (χ0n) is 13.3. The number of ether oxygens (including phenoxy) is 1. The maximum absolute atomic E-state index is 10.7. The number of hydrogen-bond donors (Lipinski definition) is 0. The van der Waals surface area contributed by atoms with Crippen LogP contribution in [0.3, 0.4) is 0 Å². The fraction of sp³-hybridized carbons (Fsp3) is 0.471. The molecule has 0 saturated heterocycles. The quantitative estimate of drug-likeness (QED) is 0.224. The molecule has 0 rings (SSSR count). The summed E-state index contributed by atoms with van der Waals surface area (Å²) in [6.45, 7) is 24.1. The second-order valence-electron chi connectivity index (χ2n) is 4.53. The molecule has 0 spiro atoms. The number of carbonyl (C=O) groups is 1. The highest BCUT2D eigenvalue weighted by molar-refractivity contribution is 5.86. The van der Waals surface area contributed by atoms with Crippen LogP contribution in [0.1, 0.15) is 47.5 Å². The summed E-state index contributed by atoms with van der Waals surface area (Å²) in [5.41, 5.74) is 2.65. The fourth-order valence-corrected chi connectivity index (χ4v) is 0.432. The number of esters is 1. The Morgan fingerprint density at radius 1 is 1.11 bits per heavy atom. The monoisotopic (exact) mass is 266 g/mol. The van der Waals surface area contributed by atoms with Gasteiger partial charge in [-0.2, -0.15) is 0 Å². The molecule has 0 N–H and O–H groups in total. The fourth-order valence-electron chi connectivity index (χ4n) is 0.432. The van der Waals surface area contributed by atoms with E-state index in [0.717, 1.165) is 18.4 Å². The molecule has 0 fully saturated rings. The molecule has 2 nitrogen and oxygen atoms in total. The molecule has 0 aliphatic rings. The van der Waals surface area contributed by atoms with E-state index in [2.05, 4.69) is 33.2 Å². The summed E-state index contributed by atoms with van der Waals surface area (Å²) in [6, 6.07) is 0. The largest absolute Gasteiger partial charge is 0.462 e. The summed E-state index contributed by atoms with van der Waals surface area (Å²) < 4.78 is 4.81. The Balaban J connectivity index is -0.000000238. The summed E-state index contributed by atoms with van der Waals surface area (Å²) >= 11 is 0. The summed E-state index contributed by atoms with van der Waals surface area (Å²) in [7, 11) is 0. The highest BCUT2D eigenvalue weighted by Gasteiger charge is 2.00. The second kappa shape index (κ2) is 16.4. The topological polar surface area (TPSA) is 26.3 Å². The van der Waals surface area contributed by atoms with Crippen LogP contribution in [0.5, 0.6) is 0 Å². The number of rotatable bonds is 5. The van der Waals surface area contributed by atoms with Crippen LogP contribution in [0, 0.1) is 0 Å². The van der Waals surface area contributed by atoms with Crippen molar-refractivity contribution in [2.24, 2.45) is 0 Å². The Morgan fingerprint density at radius 3 is 1.68 bits per heavy atom. The molecule has 0 saturated carbocycles. The molecule has 0 aromatic heterocycles. The molecule has 0 amide bonds. The molecule has 0 aliphatic carbocycles. The van der Waals surface area contributed by atoms with Gasteiger partial charge in [0.2, 0.25) is 0 Å². The van der Waals surface area contributed by atoms with E-state index in [-0.39, 0.29) is 5.97 Å². The van der Waals surface area contributed by atoms with Crippen LogP contribution in [0.25, 0.3) is 0 Å². The van der Waals surface area contributed by atoms with Crippen LogP contribution in [-0.2, 0) is 9.53 Å². The number of allylic oxidation sites excluding steroid dienone is 3. The zero-order chi connectivity index (χ0) is 15.8. The normalized spacial score (nSPS) is 7.84. The van der Waals surface area contributed by atoms with Crippen LogP contribution in [0.4, 0.5) is 0 Å². The van der Waals surface area contributed by atoms with E-state index in [1.54, 1.807) is 13.0 Å². The number of unbranched alkanes of at least 4 members (excludes halogenated alkanes) is 1. The predicted octanol–water partition coefficient (Wildman–Crippen LogP) is 5.24. The Bertz CT molecular complexity index is 294. The minimum atomic E-state index is -0.284. The van der Waals surface area contributed by atoms with Crippen molar-refractivity contribution in [3.05, 3.63) is 49.1 Å². The standard InChI is InChI=1S/C8H14O2.C5H8.C4H8/c1-4-5-6-10-8(9)7(2)3;1-4-5(2)3;1-4(2)3/h2,4-6H2,1,3H3;4H,1-2H2,3H3;1H2,2-3H3. The van der Waals surface area contributed by atoms with Crippen molar-refractivity contribution in [1.82, 2.24) is 0 Å². The summed E-state index contributed by atoms with van der Waals surface area (Å²) in [5.74, 6) is -0.284. The van der Waals surface area contributed by atoms with E-state index in [1.807, 2.05) is 20.8 Å². The predicted molar refractivity (Wildman–Crippen MR) is 86.2 cm³/mol. The third kappa shape index (κ3) is 38.5. The third-order valence-corrected chi connectivity index (χ3v) is 1.43. The van der Waals surface area contributed by atoms with E-state index in [9.17, 15) is 4.79 Å². The van der Waals surface area contributed by atoms with Crippen molar-refractivity contribution in [3.63, 3.8) is 0 Å². The smallest absolute Gasteiger partial charge is 0.333 e. The van der Waals surface area contributed by atoms with Gasteiger partial charge in [0.05, 0.1) is 6.61 Å². The van der Waals surface area contributed by atoms with E-state index >= 15 is 0 Å². The SMILES string of the molecule is C=C(C)C.C=C(C)C(=O)OCCCC.C=CC(=C)C. The molecular formula is C17H30O2. The van der Waals surface area contributed by atoms with Crippen LogP contribution < -0.4 is 0 Å². The molecule has 0 atom stereocenters. The van der Waals surface area contributed by atoms with Crippen molar-refractivity contribution < 1.29 is 9.53 Å². The van der Waals surface area contributed by atoms with Crippen molar-refractivity contribution in [3.8, 4) is 0 Å². The van der Waals surface area contributed by atoms with Gasteiger partial charge in [0, 0.05) is 5.57 Å². The molecule has 19 heavy (non-hydrogen) atoms. The van der Waals surface area contributed by atoms with Crippen molar-refractivity contribution in [2.45, 2.75) is 47.5 Å². The van der Waals surface area contributed by atoms with Gasteiger partial charge in [-0.3, -0.25) is 0 Å². The van der Waals surface area contributed by atoms with E-state index in [0.29, 0.717) is 12.2 Å². The lowest BCUT2D eigenvalue weighted by Crippen LogP contribution is -2.05. The van der Waals surface area contributed by atoms with E-state index in [1.165, 1.54) is 5.57 Å². The van der Waals surface area contributed by atoms with Crippen LogP contribution in [-0.4, -0.2) is 12.6 Å². The lowest BCUT2D eigenvalue weighted by atomic mass is 10.3. The third-order valence-electron chi connectivity index (χ3n) is 1.43. The zero-order valence-corrected chi connectivity index (χ0v) is 13.3. The van der Waals surface area contributed by atoms with Gasteiger partial charge >= 0.3 is 5.97 Å². The van der Waals surface area contributed by atoms with Crippen LogP contribution >= 0.6 is 0 Å². The Kier molecular flexibility index (Phi) is 19.5. The van der Waals surface area contributed by atoms with E-state index in [4.69, 9.17) is 4.74 Å². The van der Waals surface area contributed by atoms with Gasteiger partial charge in [-0.15, -0.1) is 6.58 Å². The van der Waals surface area contributed by atoms with Gasteiger partial charge in [0.15, 0.2) is 0 Å².